The van der Waals surface area contributed by atoms with Crippen LogP contribution in [0.1, 0.15) is 18.4 Å². The lowest BCUT2D eigenvalue weighted by Crippen LogP contribution is -2.38. The van der Waals surface area contributed by atoms with Crippen LogP contribution >= 0.6 is 11.3 Å². The van der Waals surface area contributed by atoms with Gasteiger partial charge in [-0.3, -0.25) is 5.41 Å². The lowest BCUT2D eigenvalue weighted by Gasteiger charge is -2.19. The minimum Gasteiger partial charge on any atom is -0.394 e. The summed E-state index contributed by atoms with van der Waals surface area (Å²) >= 11 is 1.63. The summed E-state index contributed by atoms with van der Waals surface area (Å²) in [7, 11) is 0. The molecule has 0 aliphatic heterocycles. The second kappa shape index (κ2) is 5.38. The molecule has 1 aromatic heterocycles. The molecule has 1 aromatic carbocycles. The Morgan fingerprint density at radius 1 is 1.42 bits per heavy atom. The van der Waals surface area contributed by atoms with Gasteiger partial charge in [-0.15, -0.1) is 11.3 Å². The van der Waals surface area contributed by atoms with Crippen LogP contribution in [0.25, 0.3) is 10.1 Å². The van der Waals surface area contributed by atoms with Crippen LogP contribution in [-0.2, 0) is 4.74 Å². The average molecular weight is 277 g/mol. The summed E-state index contributed by atoms with van der Waals surface area (Å²) in [5.41, 5.74) is 11.9. The molecule has 0 fully saturated rings. The van der Waals surface area contributed by atoms with Crippen LogP contribution in [0.5, 0.6) is 0 Å². The van der Waals surface area contributed by atoms with E-state index in [4.69, 9.17) is 16.9 Å². The van der Waals surface area contributed by atoms with Crippen molar-refractivity contribution in [3.05, 3.63) is 35.2 Å². The molecule has 5 N–H and O–H groups in total. The number of thiophene rings is 1. The molecule has 2 unspecified atom stereocenters. The number of hydrogen-bond donors (Lipinski definition) is 3. The Hall–Kier alpha value is -1.92. The zero-order valence-electron chi connectivity index (χ0n) is 10.4. The Bertz CT molecular complexity index is 623. The van der Waals surface area contributed by atoms with E-state index in [9.17, 15) is 4.79 Å². The first-order chi connectivity index (χ1) is 9.00. The van der Waals surface area contributed by atoms with Gasteiger partial charge in [0, 0.05) is 10.6 Å². The van der Waals surface area contributed by atoms with Gasteiger partial charge in [-0.25, -0.2) is 4.79 Å². The third-order valence-corrected chi connectivity index (χ3v) is 4.04. The summed E-state index contributed by atoms with van der Waals surface area (Å²) in [4.78, 5) is 10.6. The third kappa shape index (κ3) is 2.74. The third-order valence-electron chi connectivity index (χ3n) is 3.05. The fourth-order valence-electron chi connectivity index (χ4n) is 1.95. The monoisotopic (exact) mass is 277 g/mol. The highest BCUT2D eigenvalue weighted by Crippen LogP contribution is 2.32. The normalized spacial score (nSPS) is 14.0. The number of nitrogens with one attached hydrogen (secondary N) is 1. The van der Waals surface area contributed by atoms with Crippen LogP contribution in [0.15, 0.2) is 29.6 Å². The molecular formula is C13H15N3O2S. The number of nitrogens with two attached hydrogens (primary N) is 2. The van der Waals surface area contributed by atoms with Crippen LogP contribution < -0.4 is 11.5 Å². The molecule has 2 aromatic rings. The molecule has 5 nitrogen and oxygen atoms in total. The first-order valence-electron chi connectivity index (χ1n) is 5.78. The molecule has 0 aliphatic rings. The van der Waals surface area contributed by atoms with Gasteiger partial charge in [0.2, 0.25) is 5.90 Å². The molecule has 0 aliphatic carbocycles. The predicted octanol–water partition coefficient (Wildman–Crippen LogP) is 2.40. The zero-order valence-corrected chi connectivity index (χ0v) is 11.2. The fraction of sp³-hybridized carbons (Fsp3) is 0.231. The van der Waals surface area contributed by atoms with Gasteiger partial charge >= 0.3 is 6.09 Å². The van der Waals surface area contributed by atoms with Crippen molar-refractivity contribution >= 4 is 33.4 Å². The van der Waals surface area contributed by atoms with E-state index in [1.165, 1.54) is 4.70 Å². The summed E-state index contributed by atoms with van der Waals surface area (Å²) in [6.07, 6.45) is -1.01. The van der Waals surface area contributed by atoms with Crippen LogP contribution in [-0.4, -0.2) is 18.0 Å². The summed E-state index contributed by atoms with van der Waals surface area (Å²) in [5.74, 6) is -0.446. The number of benzene rings is 1. The zero-order chi connectivity index (χ0) is 14.0. The maximum atomic E-state index is 10.6. The summed E-state index contributed by atoms with van der Waals surface area (Å²) in [6, 6.07) is 7.29. The lowest BCUT2D eigenvalue weighted by atomic mass is 9.93. The van der Waals surface area contributed by atoms with Crippen molar-refractivity contribution in [2.24, 2.45) is 11.5 Å². The Balaban J connectivity index is 2.26. The van der Waals surface area contributed by atoms with Crippen molar-refractivity contribution in [3.63, 3.8) is 0 Å². The Labute approximate surface area is 114 Å². The first-order valence-corrected chi connectivity index (χ1v) is 6.66. The molecule has 1 heterocycles. The van der Waals surface area contributed by atoms with E-state index < -0.39 is 12.1 Å². The summed E-state index contributed by atoms with van der Waals surface area (Å²) < 4.78 is 5.71. The van der Waals surface area contributed by atoms with Crippen molar-refractivity contribution in [2.75, 3.05) is 0 Å². The van der Waals surface area contributed by atoms with E-state index in [1.54, 1.807) is 11.3 Å². The van der Waals surface area contributed by atoms with Crippen LogP contribution in [0.3, 0.4) is 0 Å². The Morgan fingerprint density at radius 2 is 2.11 bits per heavy atom. The van der Waals surface area contributed by atoms with Crippen molar-refractivity contribution in [2.45, 2.75) is 18.9 Å². The van der Waals surface area contributed by atoms with Gasteiger partial charge in [0.15, 0.2) is 0 Å². The minimum atomic E-state index is -1.01. The molecule has 2 rings (SSSR count). The number of amides is 1. The van der Waals surface area contributed by atoms with E-state index in [1.807, 2.05) is 36.6 Å². The molecule has 1 amide bonds. The average Bonchev–Trinajstić information content (AvgIpc) is 2.80. The van der Waals surface area contributed by atoms with Gasteiger partial charge in [-0.05, 0) is 22.4 Å². The van der Waals surface area contributed by atoms with E-state index in [0.717, 1.165) is 10.9 Å². The second-order valence-electron chi connectivity index (χ2n) is 4.29. The molecule has 100 valence electrons. The summed E-state index contributed by atoms with van der Waals surface area (Å²) in [5, 5.41) is 10.8. The van der Waals surface area contributed by atoms with Crippen LogP contribution in [0.4, 0.5) is 4.79 Å². The minimum absolute atomic E-state index is 0.136. The molecule has 2 atom stereocenters. The standard InChI is InChI=1S/C13H15N3O2S/c1-7(11(14)12(15)18-13(16)17)9-6-19-10-5-3-2-4-8(9)10/h2-7,11,15H,14H2,1H3,(H2,16,17). The number of carbonyl (C=O) groups is 1. The number of rotatable bonds is 3. The highest BCUT2D eigenvalue weighted by molar-refractivity contribution is 7.17. The van der Waals surface area contributed by atoms with E-state index in [0.29, 0.717) is 0 Å². The van der Waals surface area contributed by atoms with Crippen molar-refractivity contribution in [1.29, 1.82) is 5.41 Å². The number of ether oxygens (including phenoxy) is 1. The molecule has 19 heavy (non-hydrogen) atoms. The number of fused-ring (bicyclic) bond motifs is 1. The fourth-order valence-corrected chi connectivity index (χ4v) is 3.01. The Morgan fingerprint density at radius 3 is 2.79 bits per heavy atom. The van der Waals surface area contributed by atoms with Gasteiger partial charge < -0.3 is 16.2 Å². The molecule has 0 saturated heterocycles. The molecule has 0 saturated carbocycles. The van der Waals surface area contributed by atoms with Crippen molar-refractivity contribution < 1.29 is 9.53 Å². The van der Waals surface area contributed by atoms with E-state index in [2.05, 4.69) is 4.74 Å². The smallest absolute Gasteiger partial charge is 0.394 e. The van der Waals surface area contributed by atoms with Gasteiger partial charge in [-0.2, -0.15) is 0 Å². The second-order valence-corrected chi connectivity index (χ2v) is 5.20. The van der Waals surface area contributed by atoms with Gasteiger partial charge in [0.05, 0.1) is 6.04 Å². The molecule has 0 radical (unpaired) electrons. The SMILES string of the molecule is CC(c1csc2ccccc12)C(N)C(=N)OC(N)=O. The highest BCUT2D eigenvalue weighted by atomic mass is 32.1. The van der Waals surface area contributed by atoms with Gasteiger partial charge in [0.1, 0.15) is 0 Å². The van der Waals surface area contributed by atoms with E-state index in [-0.39, 0.29) is 11.8 Å². The Kier molecular flexibility index (Phi) is 3.82. The molecule has 0 spiro atoms. The van der Waals surface area contributed by atoms with Crippen molar-refractivity contribution in [3.8, 4) is 0 Å². The molecular weight excluding hydrogens is 262 g/mol. The van der Waals surface area contributed by atoms with Crippen LogP contribution in [0, 0.1) is 5.41 Å². The number of carbonyl (C=O) groups excluding carboxylic acids is 1. The quantitative estimate of drug-likeness (QED) is 0.593. The van der Waals surface area contributed by atoms with E-state index >= 15 is 0 Å². The molecule has 0 bridgehead atoms. The maximum Gasteiger partial charge on any atom is 0.411 e. The number of primary amides is 1. The van der Waals surface area contributed by atoms with Gasteiger partial charge in [0.25, 0.3) is 0 Å². The molecule has 6 heteroatoms. The lowest BCUT2D eigenvalue weighted by molar-refractivity contribution is 0.204. The largest absolute Gasteiger partial charge is 0.411 e. The highest BCUT2D eigenvalue weighted by Gasteiger charge is 2.24. The summed E-state index contributed by atoms with van der Waals surface area (Å²) in [6.45, 7) is 1.90. The maximum absolute atomic E-state index is 10.6. The van der Waals surface area contributed by atoms with Crippen LogP contribution in [0.2, 0.25) is 0 Å². The van der Waals surface area contributed by atoms with Crippen molar-refractivity contribution in [1.82, 2.24) is 0 Å². The van der Waals surface area contributed by atoms with Gasteiger partial charge in [-0.1, -0.05) is 25.1 Å². The topological polar surface area (TPSA) is 102 Å². The number of hydrogen-bond acceptors (Lipinski definition) is 5. The predicted molar refractivity (Wildman–Crippen MR) is 76.6 cm³/mol. The first kappa shape index (κ1) is 13.5.